The Labute approximate surface area is 284 Å². The van der Waals surface area contributed by atoms with Crippen LogP contribution in [0.25, 0.3) is 54.6 Å². The number of benzene rings is 8. The largest absolute Gasteiger partial charge is 0.456 e. The van der Waals surface area contributed by atoms with Crippen molar-refractivity contribution < 1.29 is 4.42 Å². The van der Waals surface area contributed by atoms with Gasteiger partial charge in [-0.15, -0.1) is 0 Å². The van der Waals surface area contributed by atoms with Gasteiger partial charge < -0.3 is 14.6 Å². The van der Waals surface area contributed by atoms with E-state index in [0.29, 0.717) is 0 Å². The Hall–Kier alpha value is -6.32. The normalized spacial score (nSPS) is 14.1. The maximum atomic E-state index is 6.88. The molecule has 0 radical (unpaired) electrons. The van der Waals surface area contributed by atoms with Crippen LogP contribution in [0.2, 0.25) is 0 Å². The van der Waals surface area contributed by atoms with Gasteiger partial charge in [0.2, 0.25) is 0 Å². The van der Waals surface area contributed by atoms with Gasteiger partial charge in [0.15, 0.2) is 0 Å². The third kappa shape index (κ3) is 4.51. The quantitative estimate of drug-likeness (QED) is 0.206. The summed E-state index contributed by atoms with van der Waals surface area (Å²) in [6.07, 6.45) is 0.645. The van der Waals surface area contributed by atoms with E-state index in [4.69, 9.17) is 4.42 Å². The Morgan fingerprint density at radius 2 is 1.22 bits per heavy atom. The second-order valence-electron chi connectivity index (χ2n) is 13.0. The molecule has 9 aromatic rings. The predicted octanol–water partition coefficient (Wildman–Crippen LogP) is 12.4. The third-order valence-electron chi connectivity index (χ3n) is 10.1. The van der Waals surface area contributed by atoms with Crippen molar-refractivity contribution >= 4 is 60.5 Å². The van der Waals surface area contributed by atoms with Crippen LogP contribution in [0.4, 0.5) is 17.1 Å². The van der Waals surface area contributed by atoms with Crippen molar-refractivity contribution in [3.05, 3.63) is 187 Å². The monoisotopic (exact) mass is 628 g/mol. The maximum Gasteiger partial charge on any atom is 0.142 e. The smallest absolute Gasteiger partial charge is 0.142 e. The molecule has 232 valence electrons. The van der Waals surface area contributed by atoms with E-state index in [1.165, 1.54) is 49.5 Å². The summed E-state index contributed by atoms with van der Waals surface area (Å²) in [5.74, 6) is 0. The first-order chi connectivity index (χ1) is 24.3. The lowest BCUT2D eigenvalue weighted by Crippen LogP contribution is -2.24. The molecule has 0 spiro atoms. The van der Waals surface area contributed by atoms with Gasteiger partial charge in [-0.1, -0.05) is 158 Å². The summed E-state index contributed by atoms with van der Waals surface area (Å²) in [7, 11) is 0. The molecule has 49 heavy (non-hydrogen) atoms. The fourth-order valence-electron chi connectivity index (χ4n) is 7.81. The molecule has 0 saturated heterocycles. The highest BCUT2D eigenvalue weighted by Crippen LogP contribution is 2.54. The molecule has 3 nitrogen and oxygen atoms in total. The number of anilines is 3. The molecule has 0 aliphatic carbocycles. The first-order valence-corrected chi connectivity index (χ1v) is 16.9. The van der Waals surface area contributed by atoms with Crippen molar-refractivity contribution in [2.45, 2.75) is 12.6 Å². The first-order valence-electron chi connectivity index (χ1n) is 16.9. The minimum atomic E-state index is -0.220. The molecular weight excluding hydrogens is 597 g/mol. The van der Waals surface area contributed by atoms with Crippen molar-refractivity contribution in [1.29, 1.82) is 0 Å². The SMILES string of the molecule is c1ccc(Cc2ccc3c(c2)oc2c(C4Nc5c(ccc6ccccc56)N4c4c(-c5ccccc5)ccc5ccccc45)cccc23)cc1. The molecule has 1 atom stereocenters. The van der Waals surface area contributed by atoms with Gasteiger partial charge in [-0.05, 0) is 46.0 Å². The van der Waals surface area contributed by atoms with E-state index >= 15 is 0 Å². The van der Waals surface area contributed by atoms with Gasteiger partial charge in [-0.3, -0.25) is 0 Å². The standard InChI is InChI=1S/C46H32N2O/c1-3-12-30(13-4-1)28-31-22-25-38-39-20-11-21-40(45(39)49-42(38)29-31)46-47-43-35-18-9-7-16-33(35)24-27-41(43)48(46)44-36-19-10-8-17-34(36)23-26-37(44)32-14-5-2-6-15-32/h1-27,29,46-47H,28H2. The van der Waals surface area contributed by atoms with Crippen LogP contribution in [-0.2, 0) is 6.42 Å². The van der Waals surface area contributed by atoms with Crippen LogP contribution in [0.3, 0.4) is 0 Å². The Morgan fingerprint density at radius 3 is 2.06 bits per heavy atom. The second kappa shape index (κ2) is 11.1. The van der Waals surface area contributed by atoms with Crippen molar-refractivity contribution in [3.63, 3.8) is 0 Å². The van der Waals surface area contributed by atoms with Crippen molar-refractivity contribution in [1.82, 2.24) is 0 Å². The summed E-state index contributed by atoms with van der Waals surface area (Å²) in [5.41, 5.74) is 11.3. The minimum Gasteiger partial charge on any atom is -0.456 e. The van der Waals surface area contributed by atoms with Crippen molar-refractivity contribution in [2.24, 2.45) is 0 Å². The third-order valence-corrected chi connectivity index (χ3v) is 10.1. The fourth-order valence-corrected chi connectivity index (χ4v) is 7.81. The molecule has 1 aliphatic rings. The molecule has 1 aromatic heterocycles. The fraction of sp³-hybridized carbons (Fsp3) is 0.0435. The van der Waals surface area contributed by atoms with Gasteiger partial charge in [0.1, 0.15) is 17.3 Å². The number of fused-ring (bicyclic) bond motifs is 7. The minimum absolute atomic E-state index is 0.220. The van der Waals surface area contributed by atoms with Gasteiger partial charge in [-0.25, -0.2) is 0 Å². The molecule has 1 N–H and O–H groups in total. The highest BCUT2D eigenvalue weighted by atomic mass is 16.3. The van der Waals surface area contributed by atoms with Crippen LogP contribution in [0.1, 0.15) is 22.9 Å². The van der Waals surface area contributed by atoms with Crippen LogP contribution >= 0.6 is 0 Å². The Morgan fingerprint density at radius 1 is 0.531 bits per heavy atom. The van der Waals surface area contributed by atoms with Crippen LogP contribution in [-0.4, -0.2) is 0 Å². The summed E-state index contributed by atoms with van der Waals surface area (Å²) < 4.78 is 6.88. The van der Waals surface area contributed by atoms with Crippen LogP contribution in [0.5, 0.6) is 0 Å². The summed E-state index contributed by atoms with van der Waals surface area (Å²) in [5, 5.41) is 11.1. The number of hydrogen-bond acceptors (Lipinski definition) is 3. The average Bonchev–Trinajstić information content (AvgIpc) is 3.74. The highest BCUT2D eigenvalue weighted by Gasteiger charge is 2.36. The molecular formula is C46H32N2O. The van der Waals surface area contributed by atoms with E-state index in [1.807, 2.05) is 0 Å². The average molecular weight is 629 g/mol. The number of rotatable bonds is 5. The Bertz CT molecular complexity index is 2680. The van der Waals surface area contributed by atoms with E-state index in [9.17, 15) is 0 Å². The zero-order valence-electron chi connectivity index (χ0n) is 26.8. The number of para-hydroxylation sites is 1. The highest BCUT2D eigenvalue weighted by molar-refractivity contribution is 6.11. The topological polar surface area (TPSA) is 28.4 Å². The second-order valence-corrected chi connectivity index (χ2v) is 13.0. The molecule has 0 bridgehead atoms. The van der Waals surface area contributed by atoms with Crippen LogP contribution in [0.15, 0.2) is 174 Å². The molecule has 0 amide bonds. The van der Waals surface area contributed by atoms with Gasteiger partial charge in [0, 0.05) is 32.7 Å². The van der Waals surface area contributed by atoms with Gasteiger partial charge >= 0.3 is 0 Å². The van der Waals surface area contributed by atoms with Crippen LogP contribution < -0.4 is 10.2 Å². The molecule has 1 aliphatic heterocycles. The molecule has 10 rings (SSSR count). The number of furan rings is 1. The zero-order valence-corrected chi connectivity index (χ0v) is 26.8. The first kappa shape index (κ1) is 27.8. The van der Waals surface area contributed by atoms with Crippen molar-refractivity contribution in [3.8, 4) is 11.1 Å². The Kier molecular flexibility index (Phi) is 6.31. The van der Waals surface area contributed by atoms with E-state index in [-0.39, 0.29) is 6.17 Å². The zero-order chi connectivity index (χ0) is 32.3. The van der Waals surface area contributed by atoms with E-state index in [2.05, 4.69) is 180 Å². The predicted molar refractivity (Wildman–Crippen MR) is 205 cm³/mol. The lowest BCUT2D eigenvalue weighted by Gasteiger charge is -2.31. The molecule has 8 aromatic carbocycles. The number of hydrogen-bond donors (Lipinski definition) is 1. The van der Waals surface area contributed by atoms with E-state index in [0.717, 1.165) is 45.3 Å². The van der Waals surface area contributed by atoms with Crippen molar-refractivity contribution in [2.75, 3.05) is 10.2 Å². The summed E-state index contributed by atoms with van der Waals surface area (Å²) in [4.78, 5) is 2.51. The van der Waals surface area contributed by atoms with Gasteiger partial charge in [0.25, 0.3) is 0 Å². The van der Waals surface area contributed by atoms with Crippen LogP contribution in [0, 0.1) is 0 Å². The Balaban J connectivity index is 1.22. The molecule has 1 unspecified atom stereocenters. The summed E-state index contributed by atoms with van der Waals surface area (Å²) in [6.45, 7) is 0. The van der Waals surface area contributed by atoms with E-state index < -0.39 is 0 Å². The molecule has 2 heterocycles. The molecule has 0 fully saturated rings. The lowest BCUT2D eigenvalue weighted by molar-refractivity contribution is 0.655. The lowest BCUT2D eigenvalue weighted by atomic mass is 9.96. The van der Waals surface area contributed by atoms with E-state index in [1.54, 1.807) is 0 Å². The summed E-state index contributed by atoms with van der Waals surface area (Å²) in [6, 6.07) is 61.1. The number of nitrogens with zero attached hydrogens (tertiary/aromatic N) is 1. The van der Waals surface area contributed by atoms with Gasteiger partial charge in [-0.2, -0.15) is 0 Å². The summed E-state index contributed by atoms with van der Waals surface area (Å²) >= 11 is 0. The molecule has 3 heteroatoms. The maximum absolute atomic E-state index is 6.88. The van der Waals surface area contributed by atoms with Gasteiger partial charge in [0.05, 0.1) is 17.1 Å². The molecule has 0 saturated carbocycles. The number of nitrogens with one attached hydrogen (secondary N) is 1.